The van der Waals surface area contributed by atoms with Crippen molar-refractivity contribution in [2.24, 2.45) is 0 Å². The number of aromatic nitrogens is 2. The molecule has 1 aromatic heterocycles. The molecule has 1 unspecified atom stereocenters. The fourth-order valence-corrected chi connectivity index (χ4v) is 1.99. The Morgan fingerprint density at radius 3 is 3.00 bits per heavy atom. The van der Waals surface area contributed by atoms with Crippen molar-refractivity contribution in [3.8, 4) is 0 Å². The Hall–Kier alpha value is -1.07. The van der Waals surface area contributed by atoms with Crippen LogP contribution in [-0.4, -0.2) is 22.8 Å². The summed E-state index contributed by atoms with van der Waals surface area (Å²) in [7, 11) is 1.69. The molecule has 0 fully saturated rings. The predicted molar refractivity (Wildman–Crippen MR) is 68.3 cm³/mol. The maximum atomic E-state index is 5.89. The number of imidazole rings is 1. The zero-order chi connectivity index (χ0) is 11.7. The molecule has 1 atom stereocenters. The Labute approximate surface area is 103 Å². The molecule has 86 valence electrons. The van der Waals surface area contributed by atoms with Gasteiger partial charge in [-0.25, -0.2) is 4.98 Å². The first-order valence-electron chi connectivity index (χ1n) is 5.06. The van der Waals surface area contributed by atoms with Gasteiger partial charge in [0.05, 0.1) is 23.7 Å². The van der Waals surface area contributed by atoms with Crippen LogP contribution in [0.5, 0.6) is 0 Å². The van der Waals surface area contributed by atoms with Crippen LogP contribution in [0.4, 0.5) is 5.95 Å². The zero-order valence-electron chi connectivity index (χ0n) is 9.27. The van der Waals surface area contributed by atoms with Gasteiger partial charge in [-0.05, 0) is 25.1 Å². The summed E-state index contributed by atoms with van der Waals surface area (Å²) < 4.78 is 8.21. The lowest BCUT2D eigenvalue weighted by molar-refractivity contribution is 0.105. The predicted octanol–water partition coefficient (Wildman–Crippen LogP) is 2.42. The summed E-state index contributed by atoms with van der Waals surface area (Å²) in [5, 5.41) is 0. The maximum absolute atomic E-state index is 5.89. The normalized spacial score (nSPS) is 13.2. The molecule has 2 N–H and O–H groups in total. The standard InChI is InChI=1S/C11H14BrN3O/c1-7(16-2)6-15-10-4-3-8(12)5-9(10)14-11(15)13/h3-5,7H,6H2,1-2H3,(H2,13,14). The van der Waals surface area contributed by atoms with E-state index >= 15 is 0 Å². The van der Waals surface area contributed by atoms with Crippen LogP contribution in [0.2, 0.25) is 0 Å². The van der Waals surface area contributed by atoms with E-state index in [-0.39, 0.29) is 6.10 Å². The van der Waals surface area contributed by atoms with Gasteiger partial charge in [-0.2, -0.15) is 0 Å². The molecule has 0 aliphatic heterocycles. The van der Waals surface area contributed by atoms with Crippen molar-refractivity contribution in [3.63, 3.8) is 0 Å². The molecule has 2 rings (SSSR count). The van der Waals surface area contributed by atoms with E-state index in [4.69, 9.17) is 10.5 Å². The molecule has 0 saturated heterocycles. The quantitative estimate of drug-likeness (QED) is 0.941. The smallest absolute Gasteiger partial charge is 0.201 e. The number of nitrogen functional groups attached to an aromatic ring is 1. The van der Waals surface area contributed by atoms with Crippen molar-refractivity contribution < 1.29 is 4.74 Å². The van der Waals surface area contributed by atoms with Crippen LogP contribution in [0.3, 0.4) is 0 Å². The number of fused-ring (bicyclic) bond motifs is 1. The molecule has 0 saturated carbocycles. The van der Waals surface area contributed by atoms with Crippen molar-refractivity contribution in [3.05, 3.63) is 22.7 Å². The molecule has 1 heterocycles. The highest BCUT2D eigenvalue weighted by Gasteiger charge is 2.10. The van der Waals surface area contributed by atoms with Gasteiger partial charge in [-0.15, -0.1) is 0 Å². The van der Waals surface area contributed by atoms with Gasteiger partial charge in [-0.3, -0.25) is 0 Å². The van der Waals surface area contributed by atoms with Gasteiger partial charge < -0.3 is 15.0 Å². The number of hydrogen-bond acceptors (Lipinski definition) is 3. The van der Waals surface area contributed by atoms with Gasteiger partial charge in [-0.1, -0.05) is 15.9 Å². The lowest BCUT2D eigenvalue weighted by Crippen LogP contribution is -2.16. The molecular formula is C11H14BrN3O. The Kier molecular flexibility index (Phi) is 3.16. The number of halogens is 1. The zero-order valence-corrected chi connectivity index (χ0v) is 10.9. The minimum absolute atomic E-state index is 0.114. The summed E-state index contributed by atoms with van der Waals surface area (Å²) >= 11 is 3.42. The van der Waals surface area contributed by atoms with Gasteiger partial charge in [0.25, 0.3) is 0 Å². The van der Waals surface area contributed by atoms with Gasteiger partial charge in [0.1, 0.15) is 0 Å². The van der Waals surface area contributed by atoms with Crippen molar-refractivity contribution in [1.29, 1.82) is 0 Å². The lowest BCUT2D eigenvalue weighted by Gasteiger charge is -2.12. The highest BCUT2D eigenvalue weighted by atomic mass is 79.9. The van der Waals surface area contributed by atoms with E-state index in [1.807, 2.05) is 29.7 Å². The van der Waals surface area contributed by atoms with Crippen LogP contribution < -0.4 is 5.73 Å². The summed E-state index contributed by atoms with van der Waals surface area (Å²) in [6.45, 7) is 2.71. The Morgan fingerprint density at radius 2 is 2.31 bits per heavy atom. The molecule has 0 bridgehead atoms. The number of ether oxygens (including phenoxy) is 1. The second-order valence-electron chi connectivity index (χ2n) is 3.76. The molecule has 4 nitrogen and oxygen atoms in total. The molecule has 2 aromatic rings. The number of rotatable bonds is 3. The molecule has 16 heavy (non-hydrogen) atoms. The van der Waals surface area contributed by atoms with Gasteiger partial charge in [0.15, 0.2) is 0 Å². The third kappa shape index (κ3) is 2.05. The average molecular weight is 284 g/mol. The first-order chi connectivity index (χ1) is 7.61. The highest BCUT2D eigenvalue weighted by Crippen LogP contribution is 2.22. The van der Waals surface area contributed by atoms with Crippen LogP contribution in [0.15, 0.2) is 22.7 Å². The number of methoxy groups -OCH3 is 1. The van der Waals surface area contributed by atoms with Crippen molar-refractivity contribution in [2.75, 3.05) is 12.8 Å². The van der Waals surface area contributed by atoms with Crippen molar-refractivity contribution in [1.82, 2.24) is 9.55 Å². The van der Waals surface area contributed by atoms with E-state index in [2.05, 4.69) is 20.9 Å². The first kappa shape index (κ1) is 11.4. The Balaban J connectivity index is 2.47. The highest BCUT2D eigenvalue weighted by molar-refractivity contribution is 9.10. The van der Waals surface area contributed by atoms with Crippen molar-refractivity contribution in [2.45, 2.75) is 19.6 Å². The van der Waals surface area contributed by atoms with E-state index < -0.39 is 0 Å². The van der Waals surface area contributed by atoms with Crippen LogP contribution in [0, 0.1) is 0 Å². The summed E-state index contributed by atoms with van der Waals surface area (Å²) in [5.74, 6) is 0.525. The molecule has 0 radical (unpaired) electrons. The number of hydrogen-bond donors (Lipinski definition) is 1. The first-order valence-corrected chi connectivity index (χ1v) is 5.85. The molecular weight excluding hydrogens is 270 g/mol. The van der Waals surface area contributed by atoms with Gasteiger partial charge >= 0.3 is 0 Å². The number of benzene rings is 1. The third-order valence-electron chi connectivity index (χ3n) is 2.58. The van der Waals surface area contributed by atoms with E-state index in [1.54, 1.807) is 7.11 Å². The van der Waals surface area contributed by atoms with Crippen LogP contribution in [0.1, 0.15) is 6.92 Å². The minimum atomic E-state index is 0.114. The van der Waals surface area contributed by atoms with Gasteiger partial charge in [0, 0.05) is 11.6 Å². The Bertz CT molecular complexity index is 509. The summed E-state index contributed by atoms with van der Waals surface area (Å²) in [6.07, 6.45) is 0.114. The molecule has 0 aliphatic carbocycles. The van der Waals surface area contributed by atoms with Crippen molar-refractivity contribution >= 4 is 32.9 Å². The number of nitrogens with two attached hydrogens (primary N) is 1. The average Bonchev–Trinajstić information content (AvgIpc) is 2.54. The number of anilines is 1. The summed E-state index contributed by atoms with van der Waals surface area (Å²) in [6, 6.07) is 5.95. The summed E-state index contributed by atoms with van der Waals surface area (Å²) in [4.78, 5) is 4.32. The SMILES string of the molecule is COC(C)Cn1c(N)nc2cc(Br)ccc21. The molecule has 1 aromatic carbocycles. The van der Waals surface area contributed by atoms with Gasteiger partial charge in [0.2, 0.25) is 5.95 Å². The monoisotopic (exact) mass is 283 g/mol. The van der Waals surface area contributed by atoms with E-state index in [9.17, 15) is 0 Å². The largest absolute Gasteiger partial charge is 0.380 e. The Morgan fingerprint density at radius 1 is 1.56 bits per heavy atom. The fourth-order valence-electron chi connectivity index (χ4n) is 1.65. The molecule has 0 spiro atoms. The second kappa shape index (κ2) is 4.43. The van der Waals surface area contributed by atoms with E-state index in [0.717, 1.165) is 15.5 Å². The molecule has 0 aliphatic rings. The second-order valence-corrected chi connectivity index (χ2v) is 4.68. The summed E-state index contributed by atoms with van der Waals surface area (Å²) in [5.41, 5.74) is 7.82. The van der Waals surface area contributed by atoms with Crippen LogP contribution in [0.25, 0.3) is 11.0 Å². The fraction of sp³-hybridized carbons (Fsp3) is 0.364. The topological polar surface area (TPSA) is 53.1 Å². The molecule has 0 amide bonds. The van der Waals surface area contributed by atoms with E-state index in [1.165, 1.54) is 0 Å². The maximum Gasteiger partial charge on any atom is 0.201 e. The molecule has 5 heteroatoms. The minimum Gasteiger partial charge on any atom is -0.380 e. The van der Waals surface area contributed by atoms with Crippen LogP contribution in [-0.2, 0) is 11.3 Å². The van der Waals surface area contributed by atoms with Crippen LogP contribution >= 0.6 is 15.9 Å². The van der Waals surface area contributed by atoms with E-state index in [0.29, 0.717) is 12.5 Å². The third-order valence-corrected chi connectivity index (χ3v) is 3.08. The lowest BCUT2D eigenvalue weighted by atomic mass is 10.3. The number of nitrogens with zero attached hydrogens (tertiary/aromatic N) is 2.